The minimum atomic E-state index is 0.622. The van der Waals surface area contributed by atoms with Gasteiger partial charge in [0.1, 0.15) is 0 Å². The van der Waals surface area contributed by atoms with Gasteiger partial charge in [-0.1, -0.05) is 42.5 Å². The minimum absolute atomic E-state index is 0.622. The topological polar surface area (TPSA) is 26.0 Å². The second-order valence-corrected chi connectivity index (χ2v) is 5.66. The van der Waals surface area contributed by atoms with Gasteiger partial charge in [-0.15, -0.1) is 0 Å². The van der Waals surface area contributed by atoms with E-state index in [2.05, 4.69) is 44.2 Å². The standard InChI is InChI=1S/C14H19NSi/c1-9-7-13(10(2)14(9)16)12-5-3-11(8-15)4-6-12/h3-7,9H,8,15H2,1-2,16H3. The Kier molecular flexibility index (Phi) is 3.12. The largest absolute Gasteiger partial charge is 0.326 e. The van der Waals surface area contributed by atoms with Crippen LogP contribution in [0.1, 0.15) is 25.0 Å². The van der Waals surface area contributed by atoms with E-state index in [9.17, 15) is 0 Å². The molecule has 0 saturated heterocycles. The van der Waals surface area contributed by atoms with Gasteiger partial charge in [0.15, 0.2) is 0 Å². The van der Waals surface area contributed by atoms with Crippen LogP contribution in [0, 0.1) is 5.92 Å². The fraction of sp³-hybridized carbons (Fsp3) is 0.286. The Morgan fingerprint density at radius 2 is 1.88 bits per heavy atom. The number of benzene rings is 1. The van der Waals surface area contributed by atoms with Gasteiger partial charge in [0, 0.05) is 16.8 Å². The first-order valence-corrected chi connectivity index (χ1v) is 6.82. The molecule has 1 aromatic rings. The zero-order valence-electron chi connectivity index (χ0n) is 10.2. The zero-order valence-corrected chi connectivity index (χ0v) is 12.2. The highest BCUT2D eigenvalue weighted by molar-refractivity contribution is 6.24. The first-order chi connectivity index (χ1) is 7.63. The smallest absolute Gasteiger partial charge is 0.0344 e. The van der Waals surface area contributed by atoms with E-state index in [-0.39, 0.29) is 0 Å². The van der Waals surface area contributed by atoms with E-state index in [4.69, 9.17) is 5.73 Å². The Bertz CT molecular complexity index is 454. The first kappa shape index (κ1) is 11.4. The molecule has 1 nitrogen and oxygen atoms in total. The maximum Gasteiger partial charge on any atom is 0.0344 e. The van der Waals surface area contributed by atoms with Crippen molar-refractivity contribution in [2.45, 2.75) is 20.4 Å². The van der Waals surface area contributed by atoms with Crippen molar-refractivity contribution in [3.05, 3.63) is 52.2 Å². The highest BCUT2D eigenvalue weighted by Crippen LogP contribution is 2.35. The molecule has 1 atom stereocenters. The van der Waals surface area contributed by atoms with Gasteiger partial charge in [0.2, 0.25) is 0 Å². The third-order valence-electron chi connectivity index (χ3n) is 3.60. The molecule has 0 spiro atoms. The van der Waals surface area contributed by atoms with E-state index in [1.807, 2.05) is 0 Å². The molecule has 84 valence electrons. The molecule has 0 bridgehead atoms. The molecule has 1 unspecified atom stereocenters. The summed E-state index contributed by atoms with van der Waals surface area (Å²) >= 11 is 0. The molecule has 1 aromatic carbocycles. The molecule has 1 aliphatic rings. The lowest BCUT2D eigenvalue weighted by atomic mass is 10.0. The van der Waals surface area contributed by atoms with Crippen molar-refractivity contribution in [1.29, 1.82) is 0 Å². The molecular formula is C14H19NSi. The summed E-state index contributed by atoms with van der Waals surface area (Å²) in [6.07, 6.45) is 2.38. The average Bonchev–Trinajstić information content (AvgIpc) is 2.57. The van der Waals surface area contributed by atoms with Crippen LogP contribution in [0.25, 0.3) is 5.57 Å². The molecule has 2 N–H and O–H groups in total. The van der Waals surface area contributed by atoms with Gasteiger partial charge in [0.05, 0.1) is 0 Å². The van der Waals surface area contributed by atoms with Crippen molar-refractivity contribution >= 4 is 15.8 Å². The molecule has 16 heavy (non-hydrogen) atoms. The molecular weight excluding hydrogens is 210 g/mol. The number of hydrogen-bond acceptors (Lipinski definition) is 1. The van der Waals surface area contributed by atoms with Crippen LogP contribution in [-0.4, -0.2) is 10.2 Å². The van der Waals surface area contributed by atoms with Gasteiger partial charge in [-0.3, -0.25) is 0 Å². The monoisotopic (exact) mass is 229 g/mol. The van der Waals surface area contributed by atoms with Crippen LogP contribution in [0.3, 0.4) is 0 Å². The van der Waals surface area contributed by atoms with Gasteiger partial charge in [-0.25, -0.2) is 0 Å². The Labute approximate surface area is 100 Å². The third kappa shape index (κ3) is 1.91. The van der Waals surface area contributed by atoms with E-state index < -0.39 is 0 Å². The maximum absolute atomic E-state index is 5.61. The zero-order chi connectivity index (χ0) is 11.7. The SMILES string of the molecule is CC1=C([SiH3])C(C)C=C1c1ccc(CN)cc1. The van der Waals surface area contributed by atoms with Crippen LogP contribution in [0.15, 0.2) is 41.1 Å². The fourth-order valence-corrected chi connectivity index (χ4v) is 2.62. The number of hydrogen-bond donors (Lipinski definition) is 1. The molecule has 0 aliphatic heterocycles. The summed E-state index contributed by atoms with van der Waals surface area (Å²) in [7, 11) is 1.17. The summed E-state index contributed by atoms with van der Waals surface area (Å²) in [5, 5.41) is 1.62. The molecule has 0 saturated carbocycles. The van der Waals surface area contributed by atoms with E-state index in [1.165, 1.54) is 32.5 Å². The highest BCUT2D eigenvalue weighted by atomic mass is 28.1. The van der Waals surface area contributed by atoms with Crippen molar-refractivity contribution in [3.8, 4) is 0 Å². The second kappa shape index (κ2) is 4.40. The predicted molar refractivity (Wildman–Crippen MR) is 74.1 cm³/mol. The van der Waals surface area contributed by atoms with Gasteiger partial charge in [-0.05, 0) is 35.1 Å². The van der Waals surface area contributed by atoms with Crippen molar-refractivity contribution in [1.82, 2.24) is 0 Å². The Morgan fingerprint density at radius 1 is 1.25 bits per heavy atom. The molecule has 0 radical (unpaired) electrons. The third-order valence-corrected chi connectivity index (χ3v) is 5.26. The van der Waals surface area contributed by atoms with Crippen molar-refractivity contribution in [2.75, 3.05) is 0 Å². The van der Waals surface area contributed by atoms with E-state index in [1.54, 1.807) is 5.20 Å². The highest BCUT2D eigenvalue weighted by Gasteiger charge is 2.17. The lowest BCUT2D eigenvalue weighted by molar-refractivity contribution is 0.933. The molecule has 0 fully saturated rings. The Hall–Kier alpha value is -1.12. The van der Waals surface area contributed by atoms with Gasteiger partial charge in [-0.2, -0.15) is 0 Å². The molecule has 0 heterocycles. The normalized spacial score (nSPS) is 20.4. The summed E-state index contributed by atoms with van der Waals surface area (Å²) < 4.78 is 0. The predicted octanol–water partition coefficient (Wildman–Crippen LogP) is 1.82. The van der Waals surface area contributed by atoms with Gasteiger partial charge < -0.3 is 5.73 Å². The van der Waals surface area contributed by atoms with E-state index >= 15 is 0 Å². The van der Waals surface area contributed by atoms with Crippen LogP contribution in [0.2, 0.25) is 0 Å². The van der Waals surface area contributed by atoms with Crippen molar-refractivity contribution in [2.24, 2.45) is 11.7 Å². The first-order valence-electron chi connectivity index (χ1n) is 5.82. The number of rotatable bonds is 2. The van der Waals surface area contributed by atoms with Crippen LogP contribution in [0.5, 0.6) is 0 Å². The summed E-state index contributed by atoms with van der Waals surface area (Å²) in [4.78, 5) is 0. The second-order valence-electron chi connectivity index (χ2n) is 4.58. The quantitative estimate of drug-likeness (QED) is 0.769. The lowest BCUT2D eigenvalue weighted by Gasteiger charge is -2.06. The molecule has 2 heteroatoms. The van der Waals surface area contributed by atoms with Gasteiger partial charge in [0.25, 0.3) is 0 Å². The Morgan fingerprint density at radius 3 is 2.31 bits per heavy atom. The van der Waals surface area contributed by atoms with Gasteiger partial charge >= 0.3 is 0 Å². The molecule has 0 amide bonds. The number of allylic oxidation sites excluding steroid dienone is 4. The summed E-state index contributed by atoms with van der Waals surface area (Å²) in [6, 6.07) is 8.62. The Balaban J connectivity index is 2.36. The number of nitrogens with two attached hydrogens (primary N) is 1. The summed E-state index contributed by atoms with van der Waals surface area (Å²) in [5.74, 6) is 0.635. The molecule has 2 rings (SSSR count). The summed E-state index contributed by atoms with van der Waals surface area (Å²) in [6.45, 7) is 5.15. The van der Waals surface area contributed by atoms with E-state index in [0.717, 1.165) is 0 Å². The summed E-state index contributed by atoms with van der Waals surface area (Å²) in [5.41, 5.74) is 11.0. The maximum atomic E-state index is 5.61. The van der Waals surface area contributed by atoms with Crippen LogP contribution < -0.4 is 5.73 Å². The average molecular weight is 229 g/mol. The van der Waals surface area contributed by atoms with Crippen molar-refractivity contribution in [3.63, 3.8) is 0 Å². The van der Waals surface area contributed by atoms with Crippen LogP contribution >= 0.6 is 0 Å². The van der Waals surface area contributed by atoms with Crippen molar-refractivity contribution < 1.29 is 0 Å². The molecule has 1 aliphatic carbocycles. The lowest BCUT2D eigenvalue weighted by Crippen LogP contribution is -1.96. The van der Waals surface area contributed by atoms with E-state index in [0.29, 0.717) is 12.5 Å². The van der Waals surface area contributed by atoms with Crippen LogP contribution in [0.4, 0.5) is 0 Å². The fourth-order valence-electron chi connectivity index (χ4n) is 2.19. The minimum Gasteiger partial charge on any atom is -0.326 e. The van der Waals surface area contributed by atoms with Crippen LogP contribution in [-0.2, 0) is 6.54 Å². The molecule has 0 aromatic heterocycles.